The average molecular weight is 354 g/mol. The first kappa shape index (κ1) is 18.2. The van der Waals surface area contributed by atoms with E-state index < -0.39 is 6.04 Å². The van der Waals surface area contributed by atoms with Gasteiger partial charge in [0.1, 0.15) is 11.7 Å². The van der Waals surface area contributed by atoms with Crippen LogP contribution >= 0.6 is 0 Å². The molecule has 0 bridgehead atoms. The fraction of sp³-hybridized carbons (Fsp3) is 0.450. The SMILES string of the molecule is CC(C)Cn1nccc1C(=O)N1CCCNC(=O)C1Cc1ccccc1. The van der Waals surface area contributed by atoms with Crippen molar-refractivity contribution in [3.05, 3.63) is 53.9 Å². The molecular formula is C20H26N4O2. The van der Waals surface area contributed by atoms with Crippen LogP contribution in [0.2, 0.25) is 0 Å². The van der Waals surface area contributed by atoms with Crippen LogP contribution in [-0.2, 0) is 17.8 Å². The monoisotopic (exact) mass is 354 g/mol. The van der Waals surface area contributed by atoms with Crippen molar-refractivity contribution < 1.29 is 9.59 Å². The molecule has 1 aromatic carbocycles. The molecule has 2 aromatic rings. The van der Waals surface area contributed by atoms with Crippen LogP contribution in [0.15, 0.2) is 42.6 Å². The first-order chi connectivity index (χ1) is 12.6. The summed E-state index contributed by atoms with van der Waals surface area (Å²) in [4.78, 5) is 27.6. The number of nitrogens with one attached hydrogen (secondary N) is 1. The zero-order chi connectivity index (χ0) is 18.5. The van der Waals surface area contributed by atoms with Gasteiger partial charge < -0.3 is 10.2 Å². The van der Waals surface area contributed by atoms with E-state index in [-0.39, 0.29) is 11.8 Å². The maximum atomic E-state index is 13.2. The highest BCUT2D eigenvalue weighted by Crippen LogP contribution is 2.17. The molecule has 2 amide bonds. The molecule has 1 aliphatic heterocycles. The maximum absolute atomic E-state index is 13.2. The Morgan fingerprint density at radius 2 is 2.04 bits per heavy atom. The quantitative estimate of drug-likeness (QED) is 0.894. The molecule has 6 nitrogen and oxygen atoms in total. The van der Waals surface area contributed by atoms with Gasteiger partial charge in [-0.25, -0.2) is 0 Å². The van der Waals surface area contributed by atoms with Crippen molar-refractivity contribution in [3.8, 4) is 0 Å². The highest BCUT2D eigenvalue weighted by molar-refractivity contribution is 5.96. The fourth-order valence-electron chi connectivity index (χ4n) is 3.31. The summed E-state index contributed by atoms with van der Waals surface area (Å²) in [5.41, 5.74) is 1.59. The predicted molar refractivity (Wildman–Crippen MR) is 99.7 cm³/mol. The van der Waals surface area contributed by atoms with Crippen molar-refractivity contribution >= 4 is 11.8 Å². The molecule has 1 saturated heterocycles. The third-order valence-corrected chi connectivity index (χ3v) is 4.56. The van der Waals surface area contributed by atoms with Crippen molar-refractivity contribution in [2.24, 2.45) is 5.92 Å². The Morgan fingerprint density at radius 1 is 1.27 bits per heavy atom. The van der Waals surface area contributed by atoms with E-state index in [0.29, 0.717) is 37.7 Å². The highest BCUT2D eigenvalue weighted by Gasteiger charge is 2.33. The third kappa shape index (κ3) is 4.12. The van der Waals surface area contributed by atoms with Gasteiger partial charge in [-0.05, 0) is 24.0 Å². The minimum atomic E-state index is -0.505. The van der Waals surface area contributed by atoms with Crippen LogP contribution in [0.25, 0.3) is 0 Å². The Morgan fingerprint density at radius 3 is 2.77 bits per heavy atom. The van der Waals surface area contributed by atoms with Crippen molar-refractivity contribution in [1.82, 2.24) is 20.0 Å². The molecule has 6 heteroatoms. The number of nitrogens with zero attached hydrogens (tertiary/aromatic N) is 3. The van der Waals surface area contributed by atoms with Crippen molar-refractivity contribution in [1.29, 1.82) is 0 Å². The van der Waals surface area contributed by atoms with Gasteiger partial charge in [0.05, 0.1) is 0 Å². The van der Waals surface area contributed by atoms with E-state index in [1.165, 1.54) is 0 Å². The lowest BCUT2D eigenvalue weighted by molar-refractivity contribution is -0.124. The van der Waals surface area contributed by atoms with Crippen molar-refractivity contribution in [2.45, 2.75) is 39.3 Å². The number of carbonyl (C=O) groups excluding carboxylic acids is 2. The maximum Gasteiger partial charge on any atom is 0.272 e. The Kier molecular flexibility index (Phi) is 5.71. The number of aromatic nitrogens is 2. The van der Waals surface area contributed by atoms with Gasteiger partial charge >= 0.3 is 0 Å². The average Bonchev–Trinajstić information content (AvgIpc) is 3.00. The molecule has 0 spiro atoms. The second kappa shape index (κ2) is 8.17. The van der Waals surface area contributed by atoms with Gasteiger partial charge in [0, 0.05) is 32.3 Å². The number of benzene rings is 1. The summed E-state index contributed by atoms with van der Waals surface area (Å²) in [5, 5.41) is 7.23. The molecule has 26 heavy (non-hydrogen) atoms. The Labute approximate surface area is 154 Å². The second-order valence-electron chi connectivity index (χ2n) is 7.14. The number of hydrogen-bond acceptors (Lipinski definition) is 3. The van der Waals surface area contributed by atoms with E-state index in [2.05, 4.69) is 24.3 Å². The van der Waals surface area contributed by atoms with Gasteiger partial charge in [-0.15, -0.1) is 0 Å². The number of carbonyl (C=O) groups is 2. The van der Waals surface area contributed by atoms with Crippen LogP contribution in [0.1, 0.15) is 36.3 Å². The van der Waals surface area contributed by atoms with E-state index >= 15 is 0 Å². The van der Waals surface area contributed by atoms with Gasteiger partial charge in [-0.2, -0.15) is 5.10 Å². The van der Waals surface area contributed by atoms with E-state index in [4.69, 9.17) is 0 Å². The smallest absolute Gasteiger partial charge is 0.272 e. The zero-order valence-corrected chi connectivity index (χ0v) is 15.4. The Hall–Kier alpha value is -2.63. The van der Waals surface area contributed by atoms with Gasteiger partial charge in [-0.1, -0.05) is 44.2 Å². The summed E-state index contributed by atoms with van der Waals surface area (Å²) < 4.78 is 1.75. The van der Waals surface area contributed by atoms with Crippen LogP contribution < -0.4 is 5.32 Å². The third-order valence-electron chi connectivity index (χ3n) is 4.56. The number of rotatable bonds is 5. The lowest BCUT2D eigenvalue weighted by Crippen LogP contribution is -2.49. The summed E-state index contributed by atoms with van der Waals surface area (Å²) in [6.45, 7) is 6.01. The summed E-state index contributed by atoms with van der Waals surface area (Å²) in [6, 6.07) is 11.1. The van der Waals surface area contributed by atoms with E-state index in [0.717, 1.165) is 12.0 Å². The minimum absolute atomic E-state index is 0.0883. The second-order valence-corrected chi connectivity index (χ2v) is 7.14. The molecule has 1 fully saturated rings. The largest absolute Gasteiger partial charge is 0.354 e. The highest BCUT2D eigenvalue weighted by atomic mass is 16.2. The molecule has 1 atom stereocenters. The summed E-state index contributed by atoms with van der Waals surface area (Å²) >= 11 is 0. The molecule has 1 aromatic heterocycles. The first-order valence-electron chi connectivity index (χ1n) is 9.20. The molecule has 2 heterocycles. The Bertz CT molecular complexity index is 754. The summed E-state index contributed by atoms with van der Waals surface area (Å²) in [7, 11) is 0. The summed E-state index contributed by atoms with van der Waals surface area (Å²) in [6.07, 6.45) is 2.91. The zero-order valence-electron chi connectivity index (χ0n) is 15.4. The molecular weight excluding hydrogens is 328 g/mol. The van der Waals surface area contributed by atoms with Crippen LogP contribution in [0.3, 0.4) is 0 Å². The predicted octanol–water partition coefficient (Wildman–Crippen LogP) is 2.11. The van der Waals surface area contributed by atoms with Gasteiger partial charge in [0.2, 0.25) is 5.91 Å². The molecule has 1 unspecified atom stereocenters. The number of amides is 2. The Balaban J connectivity index is 1.87. The van der Waals surface area contributed by atoms with E-state index in [9.17, 15) is 9.59 Å². The lowest BCUT2D eigenvalue weighted by atomic mass is 10.0. The van der Waals surface area contributed by atoms with Gasteiger partial charge in [0.15, 0.2) is 0 Å². The van der Waals surface area contributed by atoms with Gasteiger partial charge in [-0.3, -0.25) is 14.3 Å². The van der Waals surface area contributed by atoms with Crippen LogP contribution in [-0.4, -0.2) is 45.6 Å². The molecule has 0 saturated carbocycles. The first-order valence-corrected chi connectivity index (χ1v) is 9.20. The normalized spacial score (nSPS) is 17.9. The van der Waals surface area contributed by atoms with Crippen molar-refractivity contribution in [2.75, 3.05) is 13.1 Å². The summed E-state index contributed by atoms with van der Waals surface area (Å²) in [5.74, 6) is 0.171. The van der Waals surface area contributed by atoms with E-state index in [1.54, 1.807) is 21.8 Å². The minimum Gasteiger partial charge on any atom is -0.354 e. The molecule has 0 aliphatic carbocycles. The molecule has 138 valence electrons. The van der Waals surface area contributed by atoms with Gasteiger partial charge in [0.25, 0.3) is 5.91 Å². The van der Waals surface area contributed by atoms with Crippen LogP contribution in [0.4, 0.5) is 0 Å². The molecule has 0 radical (unpaired) electrons. The molecule has 1 N–H and O–H groups in total. The number of hydrogen-bond donors (Lipinski definition) is 1. The topological polar surface area (TPSA) is 67.2 Å². The van der Waals surface area contributed by atoms with Crippen LogP contribution in [0.5, 0.6) is 0 Å². The lowest BCUT2D eigenvalue weighted by Gasteiger charge is -2.29. The molecule has 3 rings (SSSR count). The fourth-order valence-corrected chi connectivity index (χ4v) is 3.31. The van der Waals surface area contributed by atoms with Crippen molar-refractivity contribution in [3.63, 3.8) is 0 Å². The van der Waals surface area contributed by atoms with E-state index in [1.807, 2.05) is 30.3 Å². The van der Waals surface area contributed by atoms with Crippen LogP contribution in [0, 0.1) is 5.92 Å². The standard InChI is InChI=1S/C20H26N4O2/c1-15(2)14-24-17(9-11-22-24)20(26)23-12-6-10-21-19(25)18(23)13-16-7-4-3-5-8-16/h3-5,7-9,11,15,18H,6,10,12-14H2,1-2H3,(H,21,25). The molecule has 1 aliphatic rings.